The summed E-state index contributed by atoms with van der Waals surface area (Å²) in [7, 11) is -2.63. The molecule has 138 valence electrons. The van der Waals surface area contributed by atoms with Crippen molar-refractivity contribution < 1.29 is 28.6 Å². The van der Waals surface area contributed by atoms with E-state index < -0.39 is 16.5 Å². The van der Waals surface area contributed by atoms with Gasteiger partial charge in [-0.05, 0) is 25.5 Å². The second-order valence-corrected chi connectivity index (χ2v) is 8.89. The quantitative estimate of drug-likeness (QED) is 0.465. The normalized spacial score (nSPS) is 26.2. The fourth-order valence-electron chi connectivity index (χ4n) is 3.21. The van der Waals surface area contributed by atoms with Crippen molar-refractivity contribution in [2.45, 2.75) is 25.9 Å². The van der Waals surface area contributed by atoms with E-state index in [1.54, 1.807) is 22.5 Å². The van der Waals surface area contributed by atoms with Gasteiger partial charge in [0.25, 0.3) is 5.91 Å². The Hall–Kier alpha value is -1.81. The highest BCUT2D eigenvalue weighted by Crippen LogP contribution is 2.49. The summed E-state index contributed by atoms with van der Waals surface area (Å²) in [5, 5.41) is 8.74. The maximum Gasteiger partial charge on any atom is 0.274 e. The van der Waals surface area contributed by atoms with Gasteiger partial charge in [0.15, 0.2) is 0 Å². The third kappa shape index (κ3) is 3.74. The van der Waals surface area contributed by atoms with E-state index in [0.717, 1.165) is 5.56 Å². The number of hydroxylamine groups is 1. The van der Waals surface area contributed by atoms with Crippen LogP contribution >= 0.6 is 10.6 Å². The summed E-state index contributed by atoms with van der Waals surface area (Å²) >= 11 is 0. The maximum absolute atomic E-state index is 12.8. The van der Waals surface area contributed by atoms with Gasteiger partial charge in [0.05, 0.1) is 12.0 Å². The van der Waals surface area contributed by atoms with Gasteiger partial charge < -0.3 is 9.64 Å². The fraction of sp³-hybridized carbons (Fsp3) is 0.500. The first-order valence-electron chi connectivity index (χ1n) is 8.05. The van der Waals surface area contributed by atoms with Gasteiger partial charge in [0, 0.05) is 29.2 Å². The molecule has 0 bridgehead atoms. The first-order chi connectivity index (χ1) is 11.8. The standard InChI is InChI=1S/C16H22N2O6S/c1-10-8-24-14-6-11(15(19)17-21)2-3-12(14)7-18(10)16(20)13-4-5-25(22,23)9-13/h2-3,6,10,13,21-23H,4-5,7-9H2,1H3,(H,17,19)/t10-,13?/m0/s1. The molecule has 1 saturated heterocycles. The molecule has 9 heteroatoms. The number of nitrogens with zero attached hydrogens (tertiary/aromatic N) is 1. The number of hydrogen-bond donors (Lipinski definition) is 4. The van der Waals surface area contributed by atoms with Gasteiger partial charge >= 0.3 is 0 Å². The molecule has 0 aliphatic carbocycles. The van der Waals surface area contributed by atoms with Crippen LogP contribution < -0.4 is 10.2 Å². The second-order valence-electron chi connectivity index (χ2n) is 6.55. The van der Waals surface area contributed by atoms with Crippen molar-refractivity contribution in [2.75, 3.05) is 18.1 Å². The molecule has 0 saturated carbocycles. The SMILES string of the molecule is C[C@H]1COc2cc(C(=O)NO)ccc2CN1C(=O)C1CCS(O)(O)C1. The van der Waals surface area contributed by atoms with E-state index in [4.69, 9.17) is 9.94 Å². The molecule has 0 radical (unpaired) electrons. The maximum atomic E-state index is 12.8. The lowest BCUT2D eigenvalue weighted by Crippen LogP contribution is -2.43. The minimum atomic E-state index is -2.63. The third-order valence-corrected chi connectivity index (χ3v) is 6.50. The van der Waals surface area contributed by atoms with Crippen LogP contribution in [0.4, 0.5) is 0 Å². The zero-order valence-electron chi connectivity index (χ0n) is 13.8. The topological polar surface area (TPSA) is 119 Å². The molecule has 2 heterocycles. The largest absolute Gasteiger partial charge is 0.491 e. The van der Waals surface area contributed by atoms with Crippen LogP contribution in [-0.4, -0.2) is 55.2 Å². The first kappa shape index (κ1) is 18.0. The van der Waals surface area contributed by atoms with Crippen LogP contribution in [0.25, 0.3) is 0 Å². The Bertz CT molecular complexity index is 695. The number of rotatable bonds is 2. The molecule has 1 fully saturated rings. The van der Waals surface area contributed by atoms with E-state index in [2.05, 4.69) is 0 Å². The van der Waals surface area contributed by atoms with Gasteiger partial charge in [-0.2, -0.15) is 10.6 Å². The number of amides is 2. The Morgan fingerprint density at radius 3 is 2.76 bits per heavy atom. The highest BCUT2D eigenvalue weighted by molar-refractivity contribution is 8.24. The van der Waals surface area contributed by atoms with Crippen molar-refractivity contribution in [3.63, 3.8) is 0 Å². The minimum absolute atomic E-state index is 0.0985. The molecule has 2 amide bonds. The van der Waals surface area contributed by atoms with Crippen molar-refractivity contribution in [3.8, 4) is 5.75 Å². The van der Waals surface area contributed by atoms with Gasteiger partial charge in [0.1, 0.15) is 12.4 Å². The number of fused-ring (bicyclic) bond motifs is 1. The number of nitrogens with one attached hydrogen (secondary N) is 1. The molecule has 0 aromatic heterocycles. The van der Waals surface area contributed by atoms with Gasteiger partial charge in [0.2, 0.25) is 5.91 Å². The molecule has 2 atom stereocenters. The van der Waals surface area contributed by atoms with E-state index in [9.17, 15) is 18.7 Å². The summed E-state index contributed by atoms with van der Waals surface area (Å²) < 4.78 is 25.3. The summed E-state index contributed by atoms with van der Waals surface area (Å²) in [5.74, 6) is -0.213. The molecule has 4 N–H and O–H groups in total. The van der Waals surface area contributed by atoms with Crippen molar-refractivity contribution in [3.05, 3.63) is 29.3 Å². The summed E-state index contributed by atoms with van der Waals surface area (Å²) in [6.07, 6.45) is 0.480. The lowest BCUT2D eigenvalue weighted by molar-refractivity contribution is -0.137. The molecule has 1 aromatic carbocycles. The zero-order chi connectivity index (χ0) is 18.2. The molecular formula is C16H22N2O6S. The molecule has 25 heavy (non-hydrogen) atoms. The number of hydrogen-bond acceptors (Lipinski definition) is 6. The van der Waals surface area contributed by atoms with E-state index in [1.165, 1.54) is 6.07 Å². The number of ether oxygens (including phenoxy) is 1. The predicted octanol–water partition coefficient (Wildman–Crippen LogP) is 1.69. The van der Waals surface area contributed by atoms with E-state index in [0.29, 0.717) is 18.7 Å². The van der Waals surface area contributed by atoms with Gasteiger partial charge in [-0.15, -0.1) is 0 Å². The summed E-state index contributed by atoms with van der Waals surface area (Å²) in [4.78, 5) is 26.1. The van der Waals surface area contributed by atoms with Crippen molar-refractivity contribution in [2.24, 2.45) is 5.92 Å². The zero-order valence-corrected chi connectivity index (χ0v) is 14.7. The van der Waals surface area contributed by atoms with Crippen LogP contribution in [0.5, 0.6) is 5.75 Å². The molecule has 1 unspecified atom stereocenters. The Morgan fingerprint density at radius 2 is 2.12 bits per heavy atom. The van der Waals surface area contributed by atoms with Crippen LogP contribution in [-0.2, 0) is 11.3 Å². The van der Waals surface area contributed by atoms with Gasteiger partial charge in [-0.3, -0.25) is 23.9 Å². The van der Waals surface area contributed by atoms with Crippen LogP contribution in [0.15, 0.2) is 18.2 Å². The highest BCUT2D eigenvalue weighted by Gasteiger charge is 2.37. The van der Waals surface area contributed by atoms with Crippen LogP contribution in [0.1, 0.15) is 29.3 Å². The molecular weight excluding hydrogens is 348 g/mol. The Labute approximate surface area is 147 Å². The lowest BCUT2D eigenvalue weighted by Gasteiger charge is -2.30. The summed E-state index contributed by atoms with van der Waals surface area (Å²) in [6, 6.07) is 4.60. The van der Waals surface area contributed by atoms with Crippen molar-refractivity contribution in [1.29, 1.82) is 0 Å². The smallest absolute Gasteiger partial charge is 0.274 e. The average molecular weight is 370 g/mol. The third-order valence-electron chi connectivity index (χ3n) is 4.68. The molecule has 1 aromatic rings. The van der Waals surface area contributed by atoms with Gasteiger partial charge in [-0.1, -0.05) is 6.07 Å². The van der Waals surface area contributed by atoms with E-state index in [-0.39, 0.29) is 41.5 Å². The average Bonchev–Trinajstić information content (AvgIpc) is 2.87. The van der Waals surface area contributed by atoms with Crippen LogP contribution in [0.3, 0.4) is 0 Å². The minimum Gasteiger partial charge on any atom is -0.491 e. The van der Waals surface area contributed by atoms with Crippen LogP contribution in [0, 0.1) is 5.92 Å². The Balaban J connectivity index is 1.81. The number of carbonyl (C=O) groups is 2. The van der Waals surface area contributed by atoms with E-state index >= 15 is 0 Å². The molecule has 2 aliphatic rings. The Kier molecular flexibility index (Phi) is 4.92. The number of benzene rings is 1. The molecule has 2 aliphatic heterocycles. The first-order valence-corrected chi connectivity index (χ1v) is 9.93. The predicted molar refractivity (Wildman–Crippen MR) is 91.9 cm³/mol. The van der Waals surface area contributed by atoms with Crippen LogP contribution in [0.2, 0.25) is 0 Å². The highest BCUT2D eigenvalue weighted by atomic mass is 32.3. The summed E-state index contributed by atoms with van der Waals surface area (Å²) in [6.45, 7) is 2.47. The second kappa shape index (κ2) is 6.83. The van der Waals surface area contributed by atoms with E-state index in [1.807, 2.05) is 6.92 Å². The molecule has 0 spiro atoms. The monoisotopic (exact) mass is 370 g/mol. The summed E-state index contributed by atoms with van der Waals surface area (Å²) in [5.41, 5.74) is 2.60. The molecule has 3 rings (SSSR count). The Morgan fingerprint density at radius 1 is 1.36 bits per heavy atom. The molecule has 8 nitrogen and oxygen atoms in total. The van der Waals surface area contributed by atoms with Gasteiger partial charge in [-0.25, -0.2) is 5.48 Å². The number of carbonyl (C=O) groups excluding carboxylic acids is 2. The van der Waals surface area contributed by atoms with Crippen molar-refractivity contribution in [1.82, 2.24) is 10.4 Å². The fourth-order valence-corrected chi connectivity index (χ4v) is 4.99. The lowest BCUT2D eigenvalue weighted by atomic mass is 10.0. The van der Waals surface area contributed by atoms with Crippen molar-refractivity contribution >= 4 is 22.4 Å².